The van der Waals surface area contributed by atoms with E-state index < -0.39 is 10.0 Å². The first-order valence-electron chi connectivity index (χ1n) is 6.05. The van der Waals surface area contributed by atoms with Gasteiger partial charge < -0.3 is 9.73 Å². The van der Waals surface area contributed by atoms with Crippen molar-refractivity contribution in [3.05, 3.63) is 45.3 Å². The molecule has 0 bridgehead atoms. The largest absolute Gasteiger partial charge is 0.464 e. The van der Waals surface area contributed by atoms with Crippen molar-refractivity contribution >= 4 is 43.2 Å². The van der Waals surface area contributed by atoms with Crippen LogP contribution in [0, 0.1) is 6.92 Å². The second kappa shape index (κ2) is 6.39. The standard InChI is InChI=1S/C13H14BrClN2O3S/c1-8-13(6-10(20-8)7-16-2)21(18,19)17-12-5-9(14)3-4-11(12)15/h3-6,16-17H,7H2,1-2H3. The minimum Gasteiger partial charge on any atom is -0.464 e. The first-order valence-corrected chi connectivity index (χ1v) is 8.70. The van der Waals surface area contributed by atoms with Gasteiger partial charge in [-0.15, -0.1) is 0 Å². The average molecular weight is 394 g/mol. The van der Waals surface area contributed by atoms with Crippen LogP contribution in [0.1, 0.15) is 11.5 Å². The summed E-state index contributed by atoms with van der Waals surface area (Å²) >= 11 is 9.28. The lowest BCUT2D eigenvalue weighted by atomic mass is 10.3. The van der Waals surface area contributed by atoms with Crippen molar-refractivity contribution in [1.82, 2.24) is 5.32 Å². The van der Waals surface area contributed by atoms with Gasteiger partial charge in [0.25, 0.3) is 10.0 Å². The highest BCUT2D eigenvalue weighted by Gasteiger charge is 2.22. The first-order chi connectivity index (χ1) is 9.83. The Balaban J connectivity index is 2.36. The zero-order chi connectivity index (χ0) is 15.6. The summed E-state index contributed by atoms with van der Waals surface area (Å²) in [6, 6.07) is 6.44. The quantitative estimate of drug-likeness (QED) is 0.815. The van der Waals surface area contributed by atoms with E-state index in [1.54, 1.807) is 32.2 Å². The molecule has 21 heavy (non-hydrogen) atoms. The van der Waals surface area contributed by atoms with Gasteiger partial charge in [-0.25, -0.2) is 8.42 Å². The van der Waals surface area contributed by atoms with Crippen LogP contribution < -0.4 is 10.0 Å². The Morgan fingerprint density at radius 1 is 1.33 bits per heavy atom. The molecule has 0 radical (unpaired) electrons. The number of anilines is 1. The van der Waals surface area contributed by atoms with E-state index in [1.165, 1.54) is 6.07 Å². The second-order valence-electron chi connectivity index (χ2n) is 4.39. The third kappa shape index (κ3) is 3.79. The number of nitrogens with one attached hydrogen (secondary N) is 2. The summed E-state index contributed by atoms with van der Waals surface area (Å²) in [5.41, 5.74) is 0.307. The lowest BCUT2D eigenvalue weighted by molar-refractivity contribution is 0.466. The Labute approximate surface area is 136 Å². The maximum atomic E-state index is 12.4. The number of benzene rings is 1. The molecule has 0 amide bonds. The lowest BCUT2D eigenvalue weighted by Gasteiger charge is -2.09. The van der Waals surface area contributed by atoms with Crippen LogP contribution in [-0.4, -0.2) is 15.5 Å². The normalized spacial score (nSPS) is 11.6. The van der Waals surface area contributed by atoms with E-state index in [9.17, 15) is 8.42 Å². The molecule has 2 N–H and O–H groups in total. The molecule has 114 valence electrons. The fraction of sp³-hybridized carbons (Fsp3) is 0.231. The molecule has 1 aromatic heterocycles. The van der Waals surface area contributed by atoms with Gasteiger partial charge in [-0.3, -0.25) is 4.72 Å². The van der Waals surface area contributed by atoms with Crippen LogP contribution in [-0.2, 0) is 16.6 Å². The molecule has 0 fully saturated rings. The van der Waals surface area contributed by atoms with Gasteiger partial charge in [0.15, 0.2) is 0 Å². The fourth-order valence-electron chi connectivity index (χ4n) is 1.83. The Morgan fingerprint density at radius 2 is 2.05 bits per heavy atom. The summed E-state index contributed by atoms with van der Waals surface area (Å²) in [5, 5.41) is 3.22. The van der Waals surface area contributed by atoms with Gasteiger partial charge in [-0.05, 0) is 32.2 Å². The summed E-state index contributed by atoms with van der Waals surface area (Å²) in [4.78, 5) is 0.101. The molecule has 0 aliphatic rings. The Kier molecular flexibility index (Phi) is 4.98. The van der Waals surface area contributed by atoms with Crippen LogP contribution in [0.2, 0.25) is 5.02 Å². The van der Waals surface area contributed by atoms with Gasteiger partial charge in [0.05, 0.1) is 17.3 Å². The third-order valence-electron chi connectivity index (χ3n) is 2.74. The molecular weight excluding hydrogens is 380 g/mol. The van der Waals surface area contributed by atoms with Crippen molar-refractivity contribution in [3.8, 4) is 0 Å². The smallest absolute Gasteiger partial charge is 0.265 e. The van der Waals surface area contributed by atoms with Crippen molar-refractivity contribution < 1.29 is 12.8 Å². The van der Waals surface area contributed by atoms with Crippen molar-refractivity contribution in [2.45, 2.75) is 18.4 Å². The maximum absolute atomic E-state index is 12.4. The highest BCUT2D eigenvalue weighted by molar-refractivity contribution is 9.10. The molecule has 8 heteroatoms. The number of hydrogen-bond donors (Lipinski definition) is 2. The first kappa shape index (κ1) is 16.4. The predicted molar refractivity (Wildman–Crippen MR) is 86.2 cm³/mol. The number of furan rings is 1. The highest BCUT2D eigenvalue weighted by Crippen LogP contribution is 2.29. The Bertz CT molecular complexity index is 759. The van der Waals surface area contributed by atoms with Gasteiger partial charge in [-0.1, -0.05) is 27.5 Å². The zero-order valence-electron chi connectivity index (χ0n) is 11.4. The topological polar surface area (TPSA) is 71.3 Å². The molecular formula is C13H14BrClN2O3S. The van der Waals surface area contributed by atoms with Gasteiger partial charge in [0.2, 0.25) is 0 Å². The molecule has 0 saturated heterocycles. The molecule has 0 aliphatic carbocycles. The van der Waals surface area contributed by atoms with Crippen LogP contribution in [0.4, 0.5) is 5.69 Å². The summed E-state index contributed by atoms with van der Waals surface area (Å²) in [5.74, 6) is 0.884. The molecule has 5 nitrogen and oxygen atoms in total. The summed E-state index contributed by atoms with van der Waals surface area (Å²) in [7, 11) is -2.00. The van der Waals surface area contributed by atoms with Crippen molar-refractivity contribution in [1.29, 1.82) is 0 Å². The minimum absolute atomic E-state index is 0.101. The van der Waals surface area contributed by atoms with Crippen molar-refractivity contribution in [2.24, 2.45) is 0 Å². The fourth-order valence-corrected chi connectivity index (χ4v) is 3.68. The molecule has 0 saturated carbocycles. The summed E-state index contributed by atoms with van der Waals surface area (Å²) < 4.78 is 33.5. The monoisotopic (exact) mass is 392 g/mol. The van der Waals surface area contributed by atoms with Crippen LogP contribution in [0.5, 0.6) is 0 Å². The van der Waals surface area contributed by atoms with E-state index in [2.05, 4.69) is 26.0 Å². The second-order valence-corrected chi connectivity index (χ2v) is 7.37. The predicted octanol–water partition coefficient (Wildman–Crippen LogP) is 3.52. The number of hydrogen-bond acceptors (Lipinski definition) is 4. The van der Waals surface area contributed by atoms with E-state index in [1.807, 2.05) is 0 Å². The van der Waals surface area contributed by atoms with E-state index in [-0.39, 0.29) is 4.90 Å². The Morgan fingerprint density at radius 3 is 2.71 bits per heavy atom. The lowest BCUT2D eigenvalue weighted by Crippen LogP contribution is -2.13. The molecule has 1 heterocycles. The van der Waals surface area contributed by atoms with E-state index >= 15 is 0 Å². The van der Waals surface area contributed by atoms with E-state index in [0.29, 0.717) is 28.8 Å². The minimum atomic E-state index is -3.76. The zero-order valence-corrected chi connectivity index (χ0v) is 14.6. The summed E-state index contributed by atoms with van der Waals surface area (Å²) in [6.07, 6.45) is 0. The van der Waals surface area contributed by atoms with E-state index in [0.717, 1.165) is 4.47 Å². The number of halogens is 2. The molecule has 0 aliphatic heterocycles. The maximum Gasteiger partial charge on any atom is 0.265 e. The van der Waals surface area contributed by atoms with Gasteiger partial charge in [-0.2, -0.15) is 0 Å². The average Bonchev–Trinajstić information content (AvgIpc) is 2.76. The summed E-state index contributed by atoms with van der Waals surface area (Å²) in [6.45, 7) is 2.06. The number of rotatable bonds is 5. The number of aryl methyl sites for hydroxylation is 1. The van der Waals surface area contributed by atoms with Crippen LogP contribution in [0.25, 0.3) is 0 Å². The molecule has 2 rings (SSSR count). The third-order valence-corrected chi connectivity index (χ3v) is 5.03. The molecule has 0 atom stereocenters. The highest BCUT2D eigenvalue weighted by atomic mass is 79.9. The molecule has 2 aromatic rings. The van der Waals surface area contributed by atoms with Crippen molar-refractivity contribution in [2.75, 3.05) is 11.8 Å². The van der Waals surface area contributed by atoms with Crippen LogP contribution in [0.15, 0.2) is 38.1 Å². The van der Waals surface area contributed by atoms with Crippen molar-refractivity contribution in [3.63, 3.8) is 0 Å². The molecule has 0 spiro atoms. The Hall–Kier alpha value is -1.02. The van der Waals surface area contributed by atoms with E-state index in [4.69, 9.17) is 16.0 Å². The molecule has 1 aromatic carbocycles. The van der Waals surface area contributed by atoms with Gasteiger partial charge >= 0.3 is 0 Å². The van der Waals surface area contributed by atoms with Gasteiger partial charge in [0, 0.05) is 10.5 Å². The molecule has 0 unspecified atom stereocenters. The number of sulfonamides is 1. The van der Waals surface area contributed by atoms with Crippen LogP contribution >= 0.6 is 27.5 Å². The van der Waals surface area contributed by atoms with Crippen LogP contribution in [0.3, 0.4) is 0 Å². The SMILES string of the molecule is CNCc1cc(S(=O)(=O)Nc2cc(Br)ccc2Cl)c(C)o1. The van der Waals surface area contributed by atoms with Gasteiger partial charge in [0.1, 0.15) is 16.4 Å².